The van der Waals surface area contributed by atoms with Crippen molar-refractivity contribution in [3.8, 4) is 5.75 Å². The minimum Gasteiger partial charge on any atom is -0.497 e. The molecular weight excluding hydrogens is 208 g/mol. The fourth-order valence-corrected chi connectivity index (χ4v) is 1.23. The molecule has 0 aliphatic carbocycles. The molecule has 0 atom stereocenters. The first-order valence-electron chi connectivity index (χ1n) is 4.65. The van der Waals surface area contributed by atoms with Crippen LogP contribution in [0.1, 0.15) is 10.4 Å². The molecule has 5 nitrogen and oxygen atoms in total. The second-order valence-corrected chi connectivity index (χ2v) is 3.07. The van der Waals surface area contributed by atoms with E-state index in [1.165, 1.54) is 6.26 Å². The monoisotopic (exact) mass is 218 g/mol. The van der Waals surface area contributed by atoms with Crippen molar-refractivity contribution in [1.82, 2.24) is 5.16 Å². The molecule has 1 heterocycles. The van der Waals surface area contributed by atoms with Crippen molar-refractivity contribution in [3.63, 3.8) is 0 Å². The van der Waals surface area contributed by atoms with Crippen LogP contribution in [0, 0.1) is 0 Å². The molecule has 0 radical (unpaired) electrons. The summed E-state index contributed by atoms with van der Waals surface area (Å²) in [6, 6.07) is 8.43. The van der Waals surface area contributed by atoms with Gasteiger partial charge in [-0.2, -0.15) is 0 Å². The van der Waals surface area contributed by atoms with Crippen LogP contribution in [0.3, 0.4) is 0 Å². The number of nitrogens with one attached hydrogen (secondary N) is 1. The molecule has 0 aliphatic heterocycles. The quantitative estimate of drug-likeness (QED) is 0.854. The molecule has 0 aliphatic rings. The summed E-state index contributed by atoms with van der Waals surface area (Å²) in [5, 5.41) is 6.18. The van der Waals surface area contributed by atoms with Crippen molar-refractivity contribution >= 4 is 11.7 Å². The Morgan fingerprint density at radius 2 is 2.31 bits per heavy atom. The van der Waals surface area contributed by atoms with Crippen LogP contribution < -0.4 is 10.1 Å². The Balaban J connectivity index is 2.14. The van der Waals surface area contributed by atoms with Crippen molar-refractivity contribution in [2.75, 3.05) is 12.4 Å². The Kier molecular flexibility index (Phi) is 2.86. The third-order valence-corrected chi connectivity index (χ3v) is 2.01. The summed E-state index contributed by atoms with van der Waals surface area (Å²) in [5.74, 6) is 0.758. The fraction of sp³-hybridized carbons (Fsp3) is 0.0909. The number of carbonyl (C=O) groups excluding carboxylic acids is 1. The second-order valence-electron chi connectivity index (χ2n) is 3.07. The van der Waals surface area contributed by atoms with Gasteiger partial charge in [-0.25, -0.2) is 0 Å². The zero-order valence-corrected chi connectivity index (χ0v) is 8.64. The van der Waals surface area contributed by atoms with Crippen LogP contribution in [-0.4, -0.2) is 18.2 Å². The lowest BCUT2D eigenvalue weighted by Crippen LogP contribution is -2.11. The number of hydrogen-bond donors (Lipinski definition) is 1. The molecule has 1 N–H and O–H groups in total. The molecule has 0 saturated carbocycles. The van der Waals surface area contributed by atoms with Crippen molar-refractivity contribution in [3.05, 3.63) is 42.2 Å². The van der Waals surface area contributed by atoms with E-state index in [1.807, 2.05) is 0 Å². The van der Waals surface area contributed by atoms with Gasteiger partial charge in [0.1, 0.15) is 12.0 Å². The molecule has 5 heteroatoms. The van der Waals surface area contributed by atoms with E-state index in [4.69, 9.17) is 4.74 Å². The Bertz CT molecular complexity index is 480. The molecule has 0 spiro atoms. The molecule has 0 fully saturated rings. The highest BCUT2D eigenvalue weighted by Crippen LogP contribution is 2.13. The predicted molar refractivity (Wildman–Crippen MR) is 57.5 cm³/mol. The van der Waals surface area contributed by atoms with Crippen LogP contribution in [0.15, 0.2) is 41.1 Å². The van der Waals surface area contributed by atoms with E-state index in [0.717, 1.165) is 0 Å². The highest BCUT2D eigenvalue weighted by Gasteiger charge is 2.08. The number of hydrogen-bond acceptors (Lipinski definition) is 4. The molecular formula is C11H10N2O3. The van der Waals surface area contributed by atoms with Gasteiger partial charge in [0.25, 0.3) is 5.91 Å². The van der Waals surface area contributed by atoms with Gasteiger partial charge in [0.15, 0.2) is 5.82 Å². The Hall–Kier alpha value is -2.30. The van der Waals surface area contributed by atoms with Gasteiger partial charge in [-0.05, 0) is 18.2 Å². The Morgan fingerprint density at radius 1 is 1.44 bits per heavy atom. The average Bonchev–Trinajstić information content (AvgIpc) is 2.82. The number of carbonyl (C=O) groups is 1. The fourth-order valence-electron chi connectivity index (χ4n) is 1.23. The summed E-state index contributed by atoms with van der Waals surface area (Å²) in [6.07, 6.45) is 1.39. The molecule has 16 heavy (non-hydrogen) atoms. The van der Waals surface area contributed by atoms with E-state index in [1.54, 1.807) is 37.4 Å². The summed E-state index contributed by atoms with van der Waals surface area (Å²) >= 11 is 0. The number of benzene rings is 1. The van der Waals surface area contributed by atoms with Gasteiger partial charge in [0.2, 0.25) is 0 Å². The molecule has 82 valence electrons. The zero-order valence-electron chi connectivity index (χ0n) is 8.64. The second kappa shape index (κ2) is 4.48. The van der Waals surface area contributed by atoms with Crippen LogP contribution in [0.2, 0.25) is 0 Å². The zero-order chi connectivity index (χ0) is 11.4. The van der Waals surface area contributed by atoms with E-state index < -0.39 is 0 Å². The summed E-state index contributed by atoms with van der Waals surface area (Å²) in [6.45, 7) is 0. The van der Waals surface area contributed by atoms with Crippen molar-refractivity contribution in [2.45, 2.75) is 0 Å². The number of amides is 1. The lowest BCUT2D eigenvalue weighted by molar-refractivity contribution is 0.102. The highest BCUT2D eigenvalue weighted by molar-refractivity contribution is 6.03. The molecule has 2 rings (SSSR count). The smallest absolute Gasteiger partial charge is 0.257 e. The van der Waals surface area contributed by atoms with Gasteiger partial charge >= 0.3 is 0 Å². The van der Waals surface area contributed by atoms with Crippen molar-refractivity contribution in [1.29, 1.82) is 0 Å². The minimum absolute atomic E-state index is 0.257. The van der Waals surface area contributed by atoms with E-state index in [2.05, 4.69) is 15.0 Å². The van der Waals surface area contributed by atoms with Gasteiger partial charge in [-0.15, -0.1) is 0 Å². The first-order valence-corrected chi connectivity index (χ1v) is 4.65. The molecule has 1 amide bonds. The first-order chi connectivity index (χ1) is 7.79. The van der Waals surface area contributed by atoms with Crippen LogP contribution >= 0.6 is 0 Å². The van der Waals surface area contributed by atoms with Crippen LogP contribution in [0.25, 0.3) is 0 Å². The minimum atomic E-state index is -0.257. The summed E-state index contributed by atoms with van der Waals surface area (Å²) in [5.41, 5.74) is 0.502. The largest absolute Gasteiger partial charge is 0.497 e. The molecule has 0 saturated heterocycles. The van der Waals surface area contributed by atoms with Gasteiger partial charge < -0.3 is 14.6 Å². The number of ether oxygens (including phenoxy) is 1. The SMILES string of the molecule is COc1cccc(C(=O)Nc2ccon2)c1. The van der Waals surface area contributed by atoms with Gasteiger partial charge in [0, 0.05) is 11.6 Å². The van der Waals surface area contributed by atoms with E-state index in [0.29, 0.717) is 17.1 Å². The third-order valence-electron chi connectivity index (χ3n) is 2.01. The number of nitrogens with zero attached hydrogens (tertiary/aromatic N) is 1. The van der Waals surface area contributed by atoms with Crippen LogP contribution in [-0.2, 0) is 0 Å². The highest BCUT2D eigenvalue weighted by atomic mass is 16.5. The molecule has 0 unspecified atom stereocenters. The standard InChI is InChI=1S/C11H10N2O3/c1-15-9-4-2-3-8(7-9)11(14)12-10-5-6-16-13-10/h2-7H,1H3,(H,12,13,14). The molecule has 1 aromatic carbocycles. The number of anilines is 1. The molecule has 1 aromatic heterocycles. The lowest BCUT2D eigenvalue weighted by atomic mass is 10.2. The van der Waals surface area contributed by atoms with E-state index in [9.17, 15) is 4.79 Å². The average molecular weight is 218 g/mol. The normalized spacial score (nSPS) is 9.81. The number of rotatable bonds is 3. The predicted octanol–water partition coefficient (Wildman–Crippen LogP) is 1.94. The Labute approximate surface area is 92.0 Å². The topological polar surface area (TPSA) is 64.4 Å². The first kappa shape index (κ1) is 10.2. The summed E-state index contributed by atoms with van der Waals surface area (Å²) in [4.78, 5) is 11.7. The number of aromatic nitrogens is 1. The van der Waals surface area contributed by atoms with Crippen molar-refractivity contribution < 1.29 is 14.1 Å². The van der Waals surface area contributed by atoms with E-state index >= 15 is 0 Å². The third kappa shape index (κ3) is 2.20. The van der Waals surface area contributed by atoms with Crippen LogP contribution in [0.4, 0.5) is 5.82 Å². The number of methoxy groups -OCH3 is 1. The maximum Gasteiger partial charge on any atom is 0.257 e. The van der Waals surface area contributed by atoms with Gasteiger partial charge in [0.05, 0.1) is 7.11 Å². The maximum absolute atomic E-state index is 11.7. The van der Waals surface area contributed by atoms with Crippen molar-refractivity contribution in [2.24, 2.45) is 0 Å². The molecule has 0 bridgehead atoms. The summed E-state index contributed by atoms with van der Waals surface area (Å²) < 4.78 is 9.63. The maximum atomic E-state index is 11.7. The lowest BCUT2D eigenvalue weighted by Gasteiger charge is -2.03. The van der Waals surface area contributed by atoms with Gasteiger partial charge in [-0.3, -0.25) is 4.79 Å². The van der Waals surface area contributed by atoms with Crippen LogP contribution in [0.5, 0.6) is 5.75 Å². The summed E-state index contributed by atoms with van der Waals surface area (Å²) in [7, 11) is 1.55. The van der Waals surface area contributed by atoms with E-state index in [-0.39, 0.29) is 5.91 Å². The Morgan fingerprint density at radius 3 is 3.00 bits per heavy atom. The van der Waals surface area contributed by atoms with Gasteiger partial charge in [-0.1, -0.05) is 11.2 Å². The molecule has 2 aromatic rings.